The minimum Gasteiger partial charge on any atom is -0.456 e. The Balaban J connectivity index is 1.69. The quantitative estimate of drug-likeness (QED) is 0.530. The number of carbonyl (C=O) groups is 1. The Bertz CT molecular complexity index is 1030. The predicted octanol–water partition coefficient (Wildman–Crippen LogP) is 3.24. The maximum Gasteiger partial charge on any atom is 0.331 e. The molecule has 0 unspecified atom stereocenters. The van der Waals surface area contributed by atoms with Gasteiger partial charge in [-0.05, 0) is 35.9 Å². The summed E-state index contributed by atoms with van der Waals surface area (Å²) in [5.74, 6) is -1.01. The Morgan fingerprint density at radius 3 is 2.92 bits per heavy atom. The third-order valence-corrected chi connectivity index (χ3v) is 3.52. The number of ether oxygens (including phenoxy) is 1. The Kier molecular flexibility index (Phi) is 4.90. The third kappa shape index (κ3) is 4.30. The van der Waals surface area contributed by atoms with Crippen LogP contribution in [0.3, 0.4) is 0 Å². The van der Waals surface area contributed by atoms with Crippen LogP contribution in [0, 0.1) is 5.82 Å². The monoisotopic (exact) mass is 358 g/mol. The van der Waals surface area contributed by atoms with Crippen LogP contribution < -0.4 is 5.56 Å². The summed E-state index contributed by atoms with van der Waals surface area (Å²) in [5.41, 5.74) is 0.933. The zero-order valence-electron chi connectivity index (χ0n) is 12.9. The number of nitrogens with zero attached hydrogens (tertiary/aromatic N) is 2. The van der Waals surface area contributed by atoms with Crippen LogP contribution in [0.4, 0.5) is 4.39 Å². The van der Waals surface area contributed by atoms with Crippen LogP contribution in [0.25, 0.3) is 11.7 Å². The number of fused-ring (bicyclic) bond motifs is 1. The smallest absolute Gasteiger partial charge is 0.331 e. The summed E-state index contributed by atoms with van der Waals surface area (Å²) in [4.78, 5) is 28.0. The second-order valence-electron chi connectivity index (χ2n) is 5.16. The molecule has 0 atom stereocenters. The van der Waals surface area contributed by atoms with Gasteiger partial charge in [-0.25, -0.2) is 14.2 Å². The lowest BCUT2D eigenvalue weighted by molar-refractivity contribution is -0.139. The molecule has 0 fully saturated rings. The molecule has 0 aliphatic carbocycles. The summed E-state index contributed by atoms with van der Waals surface area (Å²) in [6.45, 7) is -0.152. The molecule has 3 aromatic rings. The fourth-order valence-corrected chi connectivity index (χ4v) is 2.33. The first-order valence-corrected chi connectivity index (χ1v) is 7.67. The standard InChI is InChI=1S/C18H12ClFN2O3/c19-13-5-6-16-21-15(9-17(23)22(16)10-13)11-25-18(24)7-4-12-2-1-3-14(20)8-12/h1-10H,11H2/b7-4+. The summed E-state index contributed by atoms with van der Waals surface area (Å²) in [6.07, 6.45) is 4.09. The Morgan fingerprint density at radius 1 is 1.28 bits per heavy atom. The average Bonchev–Trinajstić information content (AvgIpc) is 2.59. The van der Waals surface area contributed by atoms with Crippen molar-refractivity contribution in [2.24, 2.45) is 0 Å². The topological polar surface area (TPSA) is 60.7 Å². The number of benzene rings is 1. The van der Waals surface area contributed by atoms with Crippen molar-refractivity contribution in [1.82, 2.24) is 9.38 Å². The van der Waals surface area contributed by atoms with E-state index < -0.39 is 11.8 Å². The Hall–Kier alpha value is -2.99. The van der Waals surface area contributed by atoms with Gasteiger partial charge in [0.15, 0.2) is 0 Å². The number of aromatic nitrogens is 2. The number of esters is 1. The molecule has 0 bridgehead atoms. The van der Waals surface area contributed by atoms with Gasteiger partial charge in [0, 0.05) is 18.3 Å². The molecule has 3 rings (SSSR count). The molecule has 1 aromatic carbocycles. The second kappa shape index (κ2) is 7.27. The molecule has 7 heteroatoms. The first-order chi connectivity index (χ1) is 12.0. The summed E-state index contributed by atoms with van der Waals surface area (Å²) in [7, 11) is 0. The normalized spacial score (nSPS) is 11.1. The molecule has 25 heavy (non-hydrogen) atoms. The zero-order chi connectivity index (χ0) is 17.8. The van der Waals surface area contributed by atoms with Crippen molar-refractivity contribution in [1.29, 1.82) is 0 Å². The predicted molar refractivity (Wildman–Crippen MR) is 91.7 cm³/mol. The summed E-state index contributed by atoms with van der Waals surface area (Å²) >= 11 is 5.84. The number of pyridine rings is 1. The molecule has 0 radical (unpaired) electrons. The van der Waals surface area contributed by atoms with Crippen molar-refractivity contribution in [2.45, 2.75) is 6.61 Å². The van der Waals surface area contributed by atoms with E-state index in [0.717, 1.165) is 0 Å². The van der Waals surface area contributed by atoms with Gasteiger partial charge in [0.05, 0.1) is 10.7 Å². The molecule has 0 spiro atoms. The van der Waals surface area contributed by atoms with E-state index in [9.17, 15) is 14.0 Å². The van der Waals surface area contributed by atoms with Crippen molar-refractivity contribution < 1.29 is 13.9 Å². The molecule has 0 N–H and O–H groups in total. The molecule has 2 aromatic heterocycles. The highest BCUT2D eigenvalue weighted by Crippen LogP contribution is 2.09. The van der Waals surface area contributed by atoms with Crippen LogP contribution in [-0.4, -0.2) is 15.4 Å². The molecular weight excluding hydrogens is 347 g/mol. The highest BCUT2D eigenvalue weighted by molar-refractivity contribution is 6.30. The van der Waals surface area contributed by atoms with Gasteiger partial charge in [-0.3, -0.25) is 9.20 Å². The SMILES string of the molecule is O=C(/C=C/c1cccc(F)c1)OCc1cc(=O)n2cc(Cl)ccc2n1. The van der Waals surface area contributed by atoms with Crippen LogP contribution in [0.1, 0.15) is 11.3 Å². The number of hydrogen-bond donors (Lipinski definition) is 0. The van der Waals surface area contributed by atoms with Crippen LogP contribution in [0.2, 0.25) is 5.02 Å². The van der Waals surface area contributed by atoms with Crippen molar-refractivity contribution in [3.8, 4) is 0 Å². The lowest BCUT2D eigenvalue weighted by Crippen LogP contribution is -2.16. The maximum atomic E-state index is 13.1. The van der Waals surface area contributed by atoms with Gasteiger partial charge in [0.1, 0.15) is 18.1 Å². The van der Waals surface area contributed by atoms with Gasteiger partial charge in [-0.15, -0.1) is 0 Å². The summed E-state index contributed by atoms with van der Waals surface area (Å²) in [6, 6.07) is 10.3. The van der Waals surface area contributed by atoms with Gasteiger partial charge in [-0.1, -0.05) is 23.7 Å². The van der Waals surface area contributed by atoms with E-state index in [1.54, 1.807) is 24.3 Å². The molecule has 0 amide bonds. The van der Waals surface area contributed by atoms with E-state index in [1.807, 2.05) is 0 Å². The lowest BCUT2D eigenvalue weighted by atomic mass is 10.2. The van der Waals surface area contributed by atoms with E-state index in [1.165, 1.54) is 40.9 Å². The number of rotatable bonds is 4. The Morgan fingerprint density at radius 2 is 2.12 bits per heavy atom. The van der Waals surface area contributed by atoms with Crippen molar-refractivity contribution in [2.75, 3.05) is 0 Å². The number of hydrogen-bond acceptors (Lipinski definition) is 4. The van der Waals surface area contributed by atoms with Crippen LogP contribution >= 0.6 is 11.6 Å². The third-order valence-electron chi connectivity index (χ3n) is 3.30. The fourth-order valence-electron chi connectivity index (χ4n) is 2.17. The molecule has 0 aliphatic rings. The largest absolute Gasteiger partial charge is 0.456 e. The Labute approximate surface area is 147 Å². The molecule has 0 saturated carbocycles. The van der Waals surface area contributed by atoms with Crippen LogP contribution in [0.5, 0.6) is 0 Å². The van der Waals surface area contributed by atoms with Crippen LogP contribution in [-0.2, 0) is 16.1 Å². The fraction of sp³-hybridized carbons (Fsp3) is 0.0556. The van der Waals surface area contributed by atoms with Gasteiger partial charge in [0.2, 0.25) is 0 Å². The highest BCUT2D eigenvalue weighted by Gasteiger charge is 2.05. The number of carbonyl (C=O) groups excluding carboxylic acids is 1. The molecular formula is C18H12ClFN2O3. The molecule has 0 saturated heterocycles. The maximum absolute atomic E-state index is 13.1. The minimum atomic E-state index is -0.623. The molecule has 2 heterocycles. The van der Waals surface area contributed by atoms with E-state index in [0.29, 0.717) is 21.9 Å². The second-order valence-corrected chi connectivity index (χ2v) is 5.59. The first kappa shape index (κ1) is 16.9. The molecule has 5 nitrogen and oxygen atoms in total. The zero-order valence-corrected chi connectivity index (χ0v) is 13.6. The minimum absolute atomic E-state index is 0.152. The van der Waals surface area contributed by atoms with Crippen molar-refractivity contribution >= 4 is 29.3 Å². The van der Waals surface area contributed by atoms with E-state index in [4.69, 9.17) is 16.3 Å². The van der Waals surface area contributed by atoms with Crippen molar-refractivity contribution in [3.05, 3.63) is 87.2 Å². The summed E-state index contributed by atoms with van der Waals surface area (Å²) in [5, 5.41) is 0.415. The molecule has 126 valence electrons. The average molecular weight is 359 g/mol. The molecule has 0 aliphatic heterocycles. The van der Waals surface area contributed by atoms with Crippen molar-refractivity contribution in [3.63, 3.8) is 0 Å². The number of halogens is 2. The van der Waals surface area contributed by atoms with E-state index >= 15 is 0 Å². The highest BCUT2D eigenvalue weighted by atomic mass is 35.5. The van der Waals surface area contributed by atoms with Gasteiger partial charge >= 0.3 is 5.97 Å². The van der Waals surface area contributed by atoms with Gasteiger partial charge in [-0.2, -0.15) is 0 Å². The lowest BCUT2D eigenvalue weighted by Gasteiger charge is -2.05. The van der Waals surface area contributed by atoms with Gasteiger partial charge in [0.25, 0.3) is 5.56 Å². The summed E-state index contributed by atoms with van der Waals surface area (Å²) < 4.78 is 19.4. The first-order valence-electron chi connectivity index (χ1n) is 7.29. The van der Waals surface area contributed by atoms with E-state index in [2.05, 4.69) is 4.98 Å². The van der Waals surface area contributed by atoms with Gasteiger partial charge < -0.3 is 4.74 Å². The van der Waals surface area contributed by atoms with E-state index in [-0.39, 0.29) is 12.2 Å². The van der Waals surface area contributed by atoms with Crippen LogP contribution in [0.15, 0.2) is 59.5 Å².